The van der Waals surface area contributed by atoms with Crippen molar-refractivity contribution < 1.29 is 32.9 Å². The molecule has 0 aliphatic carbocycles. The second-order valence-corrected chi connectivity index (χ2v) is 17.5. The van der Waals surface area contributed by atoms with Gasteiger partial charge in [-0.3, -0.25) is 9.36 Å². The van der Waals surface area contributed by atoms with Gasteiger partial charge in [-0.25, -0.2) is 0 Å². The van der Waals surface area contributed by atoms with Gasteiger partial charge < -0.3 is 28.8 Å². The highest BCUT2D eigenvalue weighted by molar-refractivity contribution is 7.45. The highest BCUT2D eigenvalue weighted by atomic mass is 31.2. The van der Waals surface area contributed by atoms with Gasteiger partial charge in [-0.05, 0) is 57.8 Å². The first-order valence-electron chi connectivity index (χ1n) is 22.0. The van der Waals surface area contributed by atoms with Crippen LogP contribution < -0.4 is 10.2 Å². The molecule has 0 radical (unpaired) electrons. The maximum Gasteiger partial charge on any atom is 0.268 e. The van der Waals surface area contributed by atoms with E-state index in [1.165, 1.54) is 109 Å². The van der Waals surface area contributed by atoms with Crippen molar-refractivity contribution >= 4 is 13.7 Å². The van der Waals surface area contributed by atoms with Gasteiger partial charge in [0.25, 0.3) is 7.82 Å². The van der Waals surface area contributed by atoms with Crippen molar-refractivity contribution in [2.45, 2.75) is 193 Å². The Labute approximate surface area is 333 Å². The first kappa shape index (κ1) is 52.5. The number of nitrogens with zero attached hydrogens (tertiary/aromatic N) is 1. The van der Waals surface area contributed by atoms with E-state index in [2.05, 4.69) is 55.6 Å². The third kappa shape index (κ3) is 38.7. The predicted molar refractivity (Wildman–Crippen MR) is 228 cm³/mol. The zero-order valence-electron chi connectivity index (χ0n) is 35.7. The van der Waals surface area contributed by atoms with Crippen molar-refractivity contribution in [2.75, 3.05) is 40.9 Å². The first-order chi connectivity index (χ1) is 26.0. The molecule has 0 aliphatic rings. The van der Waals surface area contributed by atoms with Gasteiger partial charge in [-0.2, -0.15) is 0 Å². The molecule has 2 N–H and O–H groups in total. The minimum atomic E-state index is -4.58. The van der Waals surface area contributed by atoms with E-state index in [0.717, 1.165) is 51.4 Å². The van der Waals surface area contributed by atoms with Gasteiger partial charge in [0, 0.05) is 6.42 Å². The molecule has 0 fully saturated rings. The van der Waals surface area contributed by atoms with Gasteiger partial charge in [-0.1, -0.05) is 165 Å². The topological polar surface area (TPSA) is 108 Å². The molecule has 0 aromatic carbocycles. The van der Waals surface area contributed by atoms with Crippen LogP contribution >= 0.6 is 7.82 Å². The fourth-order valence-electron chi connectivity index (χ4n) is 5.98. The van der Waals surface area contributed by atoms with Crippen molar-refractivity contribution in [3.8, 4) is 0 Å². The normalized spacial score (nSPS) is 14.9. The highest BCUT2D eigenvalue weighted by Gasteiger charge is 2.23. The molecule has 0 saturated heterocycles. The number of amides is 1. The molecule has 0 aromatic rings. The molecular weight excluding hydrogens is 695 g/mol. The molecule has 0 rings (SSSR count). The molecule has 0 heterocycles. The van der Waals surface area contributed by atoms with Gasteiger partial charge in [0.05, 0.1) is 39.9 Å². The Kier molecular flexibility index (Phi) is 36.0. The summed E-state index contributed by atoms with van der Waals surface area (Å²) in [5.74, 6) is -0.208. The first-order valence-corrected chi connectivity index (χ1v) is 23.5. The summed E-state index contributed by atoms with van der Waals surface area (Å²) in [4.78, 5) is 25.1. The minimum absolute atomic E-state index is 0.00379. The van der Waals surface area contributed by atoms with E-state index in [4.69, 9.17) is 9.05 Å². The van der Waals surface area contributed by atoms with Crippen LogP contribution in [0.3, 0.4) is 0 Å². The quantitative estimate of drug-likeness (QED) is 0.0278. The molecule has 0 bridgehead atoms. The van der Waals surface area contributed by atoms with Crippen molar-refractivity contribution in [1.29, 1.82) is 0 Å². The standard InChI is InChI=1S/C45H85N2O6P/c1-6-8-10-12-14-15-16-17-18-19-20-21-22-23-24-25-26-27-28-29-30-31-33-35-37-39-45(49)46-43(44(48)38-36-34-32-13-11-9-7-2)42-53-54(50,51)52-41-40-47(3,4)5/h16-17,19-20,22-23,36,38,43-44,48H,6-15,18,21,24-35,37,39-42H2,1-5H3,(H-,46,49,50,51)/b17-16-,20-19-,23-22-,38-36+. The van der Waals surface area contributed by atoms with Gasteiger partial charge in [-0.15, -0.1) is 0 Å². The van der Waals surface area contributed by atoms with Gasteiger partial charge >= 0.3 is 0 Å². The van der Waals surface area contributed by atoms with E-state index >= 15 is 0 Å². The largest absolute Gasteiger partial charge is 0.756 e. The number of carbonyl (C=O) groups is 1. The fraction of sp³-hybridized carbons (Fsp3) is 0.800. The molecule has 0 aliphatic heterocycles. The molecule has 3 atom stereocenters. The van der Waals surface area contributed by atoms with Crippen LogP contribution in [0.2, 0.25) is 0 Å². The minimum Gasteiger partial charge on any atom is -0.756 e. The average Bonchev–Trinajstić information content (AvgIpc) is 3.12. The maximum absolute atomic E-state index is 12.8. The lowest BCUT2D eigenvalue weighted by molar-refractivity contribution is -0.870. The molecule has 54 heavy (non-hydrogen) atoms. The third-order valence-corrected chi connectivity index (χ3v) is 10.5. The van der Waals surface area contributed by atoms with E-state index in [9.17, 15) is 19.4 Å². The van der Waals surface area contributed by atoms with Crippen LogP contribution in [0.4, 0.5) is 0 Å². The second-order valence-electron chi connectivity index (χ2n) is 16.0. The molecular formula is C45H85N2O6P. The number of hydrogen-bond donors (Lipinski definition) is 2. The summed E-state index contributed by atoms with van der Waals surface area (Å²) in [7, 11) is 1.25. The van der Waals surface area contributed by atoms with Crippen LogP contribution in [0.5, 0.6) is 0 Å². The van der Waals surface area contributed by atoms with Crippen molar-refractivity contribution in [2.24, 2.45) is 0 Å². The van der Waals surface area contributed by atoms with Crippen molar-refractivity contribution in [3.05, 3.63) is 48.6 Å². The van der Waals surface area contributed by atoms with E-state index < -0.39 is 20.0 Å². The third-order valence-electron chi connectivity index (χ3n) is 9.53. The number of likely N-dealkylation sites (N-methyl/N-ethyl adjacent to an activating group) is 1. The number of unbranched alkanes of at least 4 members (excludes halogenated alkanes) is 20. The summed E-state index contributed by atoms with van der Waals surface area (Å²) >= 11 is 0. The van der Waals surface area contributed by atoms with Crippen LogP contribution in [0.15, 0.2) is 48.6 Å². The summed E-state index contributed by atoms with van der Waals surface area (Å²) in [6, 6.07) is -0.886. The molecule has 9 heteroatoms. The lowest BCUT2D eigenvalue weighted by Crippen LogP contribution is -2.45. The Bertz CT molecular complexity index is 1020. The number of aliphatic hydroxyl groups is 1. The predicted octanol–water partition coefficient (Wildman–Crippen LogP) is 11.4. The molecule has 1 amide bonds. The molecule has 0 saturated carbocycles. The SMILES string of the molecule is CCCCCCC/C=C\C/C=C\C/C=C\CCCCCCCCCCCCC(=O)NC(COP(=O)([O-])OCC[N+](C)(C)C)C(O)/C=C/CCCCCCC. The smallest absolute Gasteiger partial charge is 0.268 e. The van der Waals surface area contributed by atoms with Crippen molar-refractivity contribution in [1.82, 2.24) is 5.32 Å². The summed E-state index contributed by atoms with van der Waals surface area (Å²) in [6.45, 7) is 4.55. The molecule has 0 aromatic heterocycles. The number of carbonyl (C=O) groups excluding carboxylic acids is 1. The van der Waals surface area contributed by atoms with Crippen molar-refractivity contribution in [3.63, 3.8) is 0 Å². The monoisotopic (exact) mass is 781 g/mol. The van der Waals surface area contributed by atoms with E-state index in [1.54, 1.807) is 6.08 Å². The van der Waals surface area contributed by atoms with Gasteiger partial charge in [0.2, 0.25) is 5.91 Å². The second kappa shape index (κ2) is 37.1. The van der Waals surface area contributed by atoms with Crippen LogP contribution in [0.1, 0.15) is 181 Å². The Hall–Kier alpha value is -1.54. The summed E-state index contributed by atoms with van der Waals surface area (Å²) in [6.07, 6.45) is 46.1. The fourth-order valence-corrected chi connectivity index (χ4v) is 6.70. The maximum atomic E-state index is 12.8. The molecule has 316 valence electrons. The van der Waals surface area contributed by atoms with E-state index in [-0.39, 0.29) is 19.1 Å². The number of aliphatic hydroxyl groups excluding tert-OH is 1. The summed E-state index contributed by atoms with van der Waals surface area (Å²) in [5.41, 5.74) is 0. The number of phosphoric ester groups is 1. The molecule has 0 spiro atoms. The number of allylic oxidation sites excluding steroid dienone is 7. The van der Waals surface area contributed by atoms with Gasteiger partial charge in [0.1, 0.15) is 13.2 Å². The van der Waals surface area contributed by atoms with E-state index in [0.29, 0.717) is 17.4 Å². The number of quaternary nitrogens is 1. The Morgan fingerprint density at radius 2 is 1.07 bits per heavy atom. The van der Waals surface area contributed by atoms with Gasteiger partial charge in [0.15, 0.2) is 0 Å². The van der Waals surface area contributed by atoms with E-state index in [1.807, 2.05) is 27.2 Å². The lowest BCUT2D eigenvalue weighted by Gasteiger charge is -2.29. The number of hydrogen-bond acceptors (Lipinski definition) is 6. The summed E-state index contributed by atoms with van der Waals surface area (Å²) in [5, 5.41) is 13.6. The van der Waals surface area contributed by atoms with Crippen LogP contribution in [0, 0.1) is 0 Å². The Morgan fingerprint density at radius 3 is 1.56 bits per heavy atom. The molecule has 8 nitrogen and oxygen atoms in total. The lowest BCUT2D eigenvalue weighted by atomic mass is 10.0. The zero-order valence-corrected chi connectivity index (χ0v) is 36.6. The number of nitrogens with one attached hydrogen (secondary N) is 1. The van der Waals surface area contributed by atoms with Crippen LogP contribution in [0.25, 0.3) is 0 Å². The highest BCUT2D eigenvalue weighted by Crippen LogP contribution is 2.38. The average molecular weight is 781 g/mol. The Balaban J connectivity index is 4.15. The Morgan fingerprint density at radius 1 is 0.648 bits per heavy atom. The number of rotatable bonds is 39. The van der Waals surface area contributed by atoms with Crippen LogP contribution in [-0.4, -0.2) is 68.5 Å². The number of phosphoric acid groups is 1. The molecule has 3 unspecified atom stereocenters. The van der Waals surface area contributed by atoms with Crippen LogP contribution in [-0.2, 0) is 18.4 Å². The summed E-state index contributed by atoms with van der Waals surface area (Å²) < 4.78 is 23.0. The zero-order chi connectivity index (χ0) is 40.0.